The summed E-state index contributed by atoms with van der Waals surface area (Å²) in [6, 6.07) is 4.26. The van der Waals surface area contributed by atoms with Crippen LogP contribution in [0.1, 0.15) is 25.8 Å². The van der Waals surface area contributed by atoms with E-state index in [4.69, 9.17) is 4.74 Å². The fraction of sp³-hybridized carbons (Fsp3) is 0.571. The number of phenols is 1. The molecule has 0 fully saturated rings. The number of benzene rings is 1. The van der Waals surface area contributed by atoms with Crippen molar-refractivity contribution in [3.63, 3.8) is 0 Å². The minimum absolute atomic E-state index is 0.152. The van der Waals surface area contributed by atoms with Crippen LogP contribution in [0.15, 0.2) is 16.6 Å². The number of halogens is 1. The van der Waals surface area contributed by atoms with Crippen LogP contribution in [0, 0.1) is 0 Å². The van der Waals surface area contributed by atoms with E-state index < -0.39 is 0 Å². The Kier molecular flexibility index (Phi) is 7.64. The highest BCUT2D eigenvalue weighted by atomic mass is 79.9. The largest absolute Gasteiger partial charge is 0.503 e. The molecule has 2 N–H and O–H groups in total. The quantitative estimate of drug-likeness (QED) is 0.702. The van der Waals surface area contributed by atoms with Crippen molar-refractivity contribution in [3.8, 4) is 11.5 Å². The number of aromatic hydroxyl groups is 1. The Balaban J connectivity index is 2.51. The molecule has 1 aromatic carbocycles. The van der Waals surface area contributed by atoms with Gasteiger partial charge in [0.1, 0.15) is 0 Å². The molecule has 1 atom stereocenters. The molecular formula is C14H22BrNO2S. The van der Waals surface area contributed by atoms with E-state index in [0.717, 1.165) is 18.5 Å². The Hall–Kier alpha value is -0.390. The molecule has 3 nitrogen and oxygen atoms in total. The minimum Gasteiger partial charge on any atom is -0.503 e. The maximum absolute atomic E-state index is 9.75. The van der Waals surface area contributed by atoms with E-state index in [-0.39, 0.29) is 5.75 Å². The Bertz CT molecular complexity index is 401. The second-order valence-electron chi connectivity index (χ2n) is 4.40. The normalized spacial score (nSPS) is 12.4. The summed E-state index contributed by atoms with van der Waals surface area (Å²) in [5.74, 6) is 3.02. The van der Waals surface area contributed by atoms with Crippen molar-refractivity contribution < 1.29 is 9.84 Å². The van der Waals surface area contributed by atoms with Crippen molar-refractivity contribution in [2.45, 2.75) is 32.9 Å². The van der Waals surface area contributed by atoms with Gasteiger partial charge in [0.15, 0.2) is 11.5 Å². The number of ether oxygens (including phenoxy) is 1. The standard InChI is InChI=1S/C14H22BrNO2S/c1-4-19-6-5-10(2)16-9-11-7-12(15)14(17)13(8-11)18-3/h7-8,10,16-17H,4-6,9H2,1-3H3. The number of thioether (sulfide) groups is 1. The van der Waals surface area contributed by atoms with Gasteiger partial charge in [-0.25, -0.2) is 0 Å². The number of phenolic OH excluding ortho intramolecular Hbond substituents is 1. The summed E-state index contributed by atoms with van der Waals surface area (Å²) in [6.45, 7) is 5.15. The van der Waals surface area contributed by atoms with Crippen LogP contribution in [-0.4, -0.2) is 29.8 Å². The lowest BCUT2D eigenvalue weighted by Crippen LogP contribution is -2.26. The molecule has 0 bridgehead atoms. The van der Waals surface area contributed by atoms with Crippen LogP contribution in [0.4, 0.5) is 0 Å². The number of hydrogen-bond donors (Lipinski definition) is 2. The maximum Gasteiger partial charge on any atom is 0.172 e. The fourth-order valence-electron chi connectivity index (χ4n) is 1.68. The smallest absolute Gasteiger partial charge is 0.172 e. The summed E-state index contributed by atoms with van der Waals surface area (Å²) >= 11 is 5.30. The molecule has 1 rings (SSSR count). The highest BCUT2D eigenvalue weighted by Gasteiger charge is 2.09. The third-order valence-corrected chi connectivity index (χ3v) is 4.40. The van der Waals surface area contributed by atoms with E-state index in [9.17, 15) is 5.11 Å². The fourth-order valence-corrected chi connectivity index (χ4v) is 2.98. The lowest BCUT2D eigenvalue weighted by Gasteiger charge is -2.14. The second kappa shape index (κ2) is 8.72. The van der Waals surface area contributed by atoms with Gasteiger partial charge in [-0.05, 0) is 58.5 Å². The molecule has 0 aliphatic carbocycles. The highest BCUT2D eigenvalue weighted by Crippen LogP contribution is 2.35. The van der Waals surface area contributed by atoms with Gasteiger partial charge < -0.3 is 15.2 Å². The second-order valence-corrected chi connectivity index (χ2v) is 6.64. The molecule has 108 valence electrons. The summed E-state index contributed by atoms with van der Waals surface area (Å²) < 4.78 is 5.81. The molecule has 5 heteroatoms. The highest BCUT2D eigenvalue weighted by molar-refractivity contribution is 9.10. The summed E-state index contributed by atoms with van der Waals surface area (Å²) in [6.07, 6.45) is 1.16. The van der Waals surface area contributed by atoms with E-state index >= 15 is 0 Å². The van der Waals surface area contributed by atoms with Crippen LogP contribution < -0.4 is 10.1 Å². The van der Waals surface area contributed by atoms with Gasteiger partial charge in [0.2, 0.25) is 0 Å². The first-order valence-electron chi connectivity index (χ1n) is 6.45. The van der Waals surface area contributed by atoms with E-state index in [0.29, 0.717) is 16.3 Å². The molecule has 0 aromatic heterocycles. The number of nitrogens with one attached hydrogen (secondary N) is 1. The summed E-state index contributed by atoms with van der Waals surface area (Å²) in [7, 11) is 1.56. The van der Waals surface area contributed by atoms with Gasteiger partial charge in [-0.1, -0.05) is 6.92 Å². The van der Waals surface area contributed by atoms with Crippen molar-refractivity contribution >= 4 is 27.7 Å². The molecule has 0 saturated carbocycles. The van der Waals surface area contributed by atoms with Crippen molar-refractivity contribution in [1.82, 2.24) is 5.32 Å². The third kappa shape index (κ3) is 5.63. The third-order valence-electron chi connectivity index (χ3n) is 2.86. The molecular weight excluding hydrogens is 326 g/mol. The SMILES string of the molecule is CCSCCC(C)NCc1cc(Br)c(O)c(OC)c1. The average Bonchev–Trinajstić information content (AvgIpc) is 2.40. The zero-order chi connectivity index (χ0) is 14.3. The van der Waals surface area contributed by atoms with E-state index in [1.54, 1.807) is 7.11 Å². The molecule has 1 aromatic rings. The lowest BCUT2D eigenvalue weighted by molar-refractivity contribution is 0.371. The van der Waals surface area contributed by atoms with E-state index in [1.807, 2.05) is 23.9 Å². The Labute approximate surface area is 128 Å². The molecule has 0 aliphatic heterocycles. The van der Waals surface area contributed by atoms with Crippen LogP contribution in [-0.2, 0) is 6.54 Å². The zero-order valence-corrected chi connectivity index (χ0v) is 14.1. The molecule has 0 spiro atoms. The van der Waals surface area contributed by atoms with E-state index in [1.165, 1.54) is 11.5 Å². The van der Waals surface area contributed by atoms with Crippen LogP contribution in [0.5, 0.6) is 11.5 Å². The van der Waals surface area contributed by atoms with Gasteiger partial charge >= 0.3 is 0 Å². The topological polar surface area (TPSA) is 41.5 Å². The van der Waals surface area contributed by atoms with Gasteiger partial charge in [-0.15, -0.1) is 0 Å². The van der Waals surface area contributed by atoms with E-state index in [2.05, 4.69) is 35.1 Å². The van der Waals surface area contributed by atoms with Crippen molar-refractivity contribution in [2.75, 3.05) is 18.6 Å². The summed E-state index contributed by atoms with van der Waals surface area (Å²) in [5, 5.41) is 13.2. The zero-order valence-electron chi connectivity index (χ0n) is 11.7. The van der Waals surface area contributed by atoms with Gasteiger partial charge in [0.25, 0.3) is 0 Å². The van der Waals surface area contributed by atoms with Crippen molar-refractivity contribution in [2.24, 2.45) is 0 Å². The monoisotopic (exact) mass is 347 g/mol. The first-order valence-corrected chi connectivity index (χ1v) is 8.39. The minimum atomic E-state index is 0.152. The molecule has 0 radical (unpaired) electrons. The first kappa shape index (κ1) is 16.7. The Morgan fingerprint density at radius 3 is 2.84 bits per heavy atom. The van der Waals surface area contributed by atoms with Gasteiger partial charge in [0.05, 0.1) is 11.6 Å². The van der Waals surface area contributed by atoms with Crippen molar-refractivity contribution in [1.29, 1.82) is 0 Å². The van der Waals surface area contributed by atoms with Crippen LogP contribution in [0.25, 0.3) is 0 Å². The maximum atomic E-state index is 9.75. The van der Waals surface area contributed by atoms with Crippen LogP contribution in [0.3, 0.4) is 0 Å². The predicted molar refractivity (Wildman–Crippen MR) is 86.3 cm³/mol. The van der Waals surface area contributed by atoms with Gasteiger partial charge in [-0.3, -0.25) is 0 Å². The lowest BCUT2D eigenvalue weighted by atomic mass is 10.2. The van der Waals surface area contributed by atoms with Crippen molar-refractivity contribution in [3.05, 3.63) is 22.2 Å². The van der Waals surface area contributed by atoms with Crippen LogP contribution in [0.2, 0.25) is 0 Å². The number of methoxy groups -OCH3 is 1. The summed E-state index contributed by atoms with van der Waals surface area (Å²) in [4.78, 5) is 0. The molecule has 1 unspecified atom stereocenters. The first-order chi connectivity index (χ1) is 9.08. The number of rotatable bonds is 8. The molecule has 0 aliphatic rings. The molecule has 0 saturated heterocycles. The average molecular weight is 348 g/mol. The predicted octanol–water partition coefficient (Wildman–Crippen LogP) is 3.78. The molecule has 0 amide bonds. The Morgan fingerprint density at radius 1 is 1.47 bits per heavy atom. The van der Waals surface area contributed by atoms with Gasteiger partial charge in [0, 0.05) is 12.6 Å². The van der Waals surface area contributed by atoms with Gasteiger partial charge in [-0.2, -0.15) is 11.8 Å². The Morgan fingerprint density at radius 2 is 2.21 bits per heavy atom. The molecule has 19 heavy (non-hydrogen) atoms. The number of hydrogen-bond acceptors (Lipinski definition) is 4. The summed E-state index contributed by atoms with van der Waals surface area (Å²) in [5.41, 5.74) is 1.09. The van der Waals surface area contributed by atoms with Crippen LogP contribution >= 0.6 is 27.7 Å². The molecule has 0 heterocycles.